The lowest BCUT2D eigenvalue weighted by Gasteiger charge is -2.03. The SMILES string of the molecule is C#CCOc1ccc(SCC(=O)O)cc1. The maximum atomic E-state index is 10.3. The van der Waals surface area contributed by atoms with E-state index >= 15 is 0 Å². The molecule has 0 bridgehead atoms. The van der Waals surface area contributed by atoms with Crippen LogP contribution in [0.3, 0.4) is 0 Å². The summed E-state index contributed by atoms with van der Waals surface area (Å²) in [7, 11) is 0. The number of carboxylic acid groups (broad SMARTS) is 1. The fourth-order valence-corrected chi connectivity index (χ4v) is 1.52. The minimum absolute atomic E-state index is 0.0601. The third-order valence-electron chi connectivity index (χ3n) is 1.51. The van der Waals surface area contributed by atoms with Gasteiger partial charge in [-0.3, -0.25) is 4.79 Å². The van der Waals surface area contributed by atoms with Crippen molar-refractivity contribution in [1.82, 2.24) is 0 Å². The van der Waals surface area contributed by atoms with Gasteiger partial charge in [0.05, 0.1) is 5.75 Å². The zero-order valence-electron chi connectivity index (χ0n) is 7.97. The Balaban J connectivity index is 2.49. The first kappa shape index (κ1) is 11.5. The van der Waals surface area contributed by atoms with Gasteiger partial charge >= 0.3 is 5.97 Å². The predicted molar refractivity (Wildman–Crippen MR) is 59.1 cm³/mol. The van der Waals surface area contributed by atoms with Gasteiger partial charge in [0.25, 0.3) is 0 Å². The van der Waals surface area contributed by atoms with Gasteiger partial charge in [-0.2, -0.15) is 0 Å². The van der Waals surface area contributed by atoms with Crippen molar-refractivity contribution in [3.63, 3.8) is 0 Å². The van der Waals surface area contributed by atoms with Gasteiger partial charge in [0.2, 0.25) is 0 Å². The Morgan fingerprint density at radius 3 is 2.67 bits per heavy atom. The summed E-state index contributed by atoms with van der Waals surface area (Å²) in [6.07, 6.45) is 5.04. The molecule has 0 spiro atoms. The first-order valence-electron chi connectivity index (χ1n) is 4.23. The molecule has 0 atom stereocenters. The zero-order chi connectivity index (χ0) is 11.1. The minimum Gasteiger partial charge on any atom is -0.481 e. The van der Waals surface area contributed by atoms with Gasteiger partial charge in [-0.1, -0.05) is 5.92 Å². The van der Waals surface area contributed by atoms with Crippen molar-refractivity contribution in [2.24, 2.45) is 0 Å². The highest BCUT2D eigenvalue weighted by molar-refractivity contribution is 8.00. The van der Waals surface area contributed by atoms with Crippen LogP contribution in [0.1, 0.15) is 0 Å². The topological polar surface area (TPSA) is 46.5 Å². The number of aliphatic carboxylic acids is 1. The third-order valence-corrected chi connectivity index (χ3v) is 2.50. The average Bonchev–Trinajstić information content (AvgIpc) is 2.25. The predicted octanol–water partition coefficient (Wildman–Crippen LogP) is 1.88. The Hall–Kier alpha value is -1.60. The number of carboxylic acids is 1. The van der Waals surface area contributed by atoms with Crippen LogP contribution in [0.2, 0.25) is 0 Å². The standard InChI is InChI=1S/C11H10O3S/c1-2-7-14-9-3-5-10(6-4-9)15-8-11(12)13/h1,3-6H,7-8H2,(H,12,13). The highest BCUT2D eigenvalue weighted by Crippen LogP contribution is 2.21. The van der Waals surface area contributed by atoms with Crippen LogP contribution in [0.25, 0.3) is 0 Å². The number of benzene rings is 1. The summed E-state index contributed by atoms with van der Waals surface area (Å²) in [6, 6.07) is 7.14. The Labute approximate surface area is 92.4 Å². The first-order valence-corrected chi connectivity index (χ1v) is 5.22. The van der Waals surface area contributed by atoms with Crippen molar-refractivity contribution >= 4 is 17.7 Å². The van der Waals surface area contributed by atoms with Gasteiger partial charge in [0.1, 0.15) is 12.4 Å². The Kier molecular flexibility index (Phi) is 4.58. The highest BCUT2D eigenvalue weighted by Gasteiger charge is 1.99. The number of hydrogen-bond donors (Lipinski definition) is 1. The van der Waals surface area contributed by atoms with Crippen LogP contribution in [0.4, 0.5) is 0 Å². The second-order valence-corrected chi connectivity index (χ2v) is 3.70. The number of thioether (sulfide) groups is 1. The second kappa shape index (κ2) is 5.99. The van der Waals surface area contributed by atoms with Crippen LogP contribution in [-0.4, -0.2) is 23.4 Å². The largest absolute Gasteiger partial charge is 0.481 e. The molecule has 15 heavy (non-hydrogen) atoms. The summed E-state index contributed by atoms with van der Waals surface area (Å²) in [4.78, 5) is 11.2. The van der Waals surface area contributed by atoms with E-state index in [0.717, 1.165) is 4.90 Å². The quantitative estimate of drug-likeness (QED) is 0.610. The molecule has 0 saturated heterocycles. The number of terminal acetylenes is 1. The molecule has 1 N–H and O–H groups in total. The molecule has 0 amide bonds. The number of carbonyl (C=O) groups is 1. The summed E-state index contributed by atoms with van der Waals surface area (Å²) >= 11 is 1.27. The summed E-state index contributed by atoms with van der Waals surface area (Å²) in [5, 5.41) is 8.48. The van der Waals surface area contributed by atoms with Crippen LogP contribution < -0.4 is 4.74 Å². The molecular formula is C11H10O3S. The third kappa shape index (κ3) is 4.43. The van der Waals surface area contributed by atoms with Crippen molar-refractivity contribution in [3.05, 3.63) is 24.3 Å². The maximum Gasteiger partial charge on any atom is 0.313 e. The number of hydrogen-bond acceptors (Lipinski definition) is 3. The molecule has 0 unspecified atom stereocenters. The van der Waals surface area contributed by atoms with E-state index in [1.165, 1.54) is 11.8 Å². The van der Waals surface area contributed by atoms with Gasteiger partial charge in [-0.05, 0) is 24.3 Å². The fourth-order valence-electron chi connectivity index (χ4n) is 0.902. The first-order chi connectivity index (χ1) is 7.22. The fraction of sp³-hybridized carbons (Fsp3) is 0.182. The molecule has 1 aromatic carbocycles. The van der Waals surface area contributed by atoms with E-state index in [-0.39, 0.29) is 12.4 Å². The molecule has 4 heteroatoms. The van der Waals surface area contributed by atoms with Crippen LogP contribution in [0.5, 0.6) is 5.75 Å². The average molecular weight is 222 g/mol. The molecule has 0 aliphatic carbocycles. The Morgan fingerprint density at radius 2 is 2.13 bits per heavy atom. The lowest BCUT2D eigenvalue weighted by molar-refractivity contribution is -0.133. The van der Waals surface area contributed by atoms with Crippen molar-refractivity contribution in [2.75, 3.05) is 12.4 Å². The Morgan fingerprint density at radius 1 is 1.47 bits per heavy atom. The van der Waals surface area contributed by atoms with E-state index < -0.39 is 5.97 Å². The summed E-state index contributed by atoms with van der Waals surface area (Å²) in [6.45, 7) is 0.238. The lowest BCUT2D eigenvalue weighted by Crippen LogP contribution is -1.97. The number of ether oxygens (including phenoxy) is 1. The molecule has 0 aromatic heterocycles. The van der Waals surface area contributed by atoms with E-state index in [4.69, 9.17) is 16.3 Å². The molecule has 0 fully saturated rings. The molecule has 0 aliphatic rings. The van der Waals surface area contributed by atoms with E-state index in [1.54, 1.807) is 24.3 Å². The minimum atomic E-state index is -0.826. The highest BCUT2D eigenvalue weighted by atomic mass is 32.2. The van der Waals surface area contributed by atoms with Crippen molar-refractivity contribution in [3.8, 4) is 18.1 Å². The van der Waals surface area contributed by atoms with Crippen molar-refractivity contribution in [2.45, 2.75) is 4.90 Å². The molecule has 0 heterocycles. The molecule has 78 valence electrons. The van der Waals surface area contributed by atoms with Crippen LogP contribution in [0.15, 0.2) is 29.2 Å². The van der Waals surface area contributed by atoms with Gasteiger partial charge in [0, 0.05) is 4.90 Å². The zero-order valence-corrected chi connectivity index (χ0v) is 8.79. The lowest BCUT2D eigenvalue weighted by atomic mass is 10.3. The second-order valence-electron chi connectivity index (χ2n) is 2.65. The van der Waals surface area contributed by atoms with E-state index in [0.29, 0.717) is 5.75 Å². The van der Waals surface area contributed by atoms with Crippen molar-refractivity contribution in [1.29, 1.82) is 0 Å². The van der Waals surface area contributed by atoms with E-state index in [1.807, 2.05) is 0 Å². The molecule has 3 nitrogen and oxygen atoms in total. The molecule has 1 rings (SSSR count). The smallest absolute Gasteiger partial charge is 0.313 e. The van der Waals surface area contributed by atoms with E-state index in [2.05, 4.69) is 5.92 Å². The monoisotopic (exact) mass is 222 g/mol. The number of rotatable bonds is 5. The molecule has 1 aromatic rings. The molecule has 0 radical (unpaired) electrons. The van der Waals surface area contributed by atoms with Crippen LogP contribution in [0, 0.1) is 12.3 Å². The summed E-state index contributed by atoms with van der Waals surface area (Å²) < 4.78 is 5.17. The van der Waals surface area contributed by atoms with Crippen molar-refractivity contribution < 1.29 is 14.6 Å². The van der Waals surface area contributed by atoms with Crippen LogP contribution >= 0.6 is 11.8 Å². The molecule has 0 aliphatic heterocycles. The summed E-state index contributed by atoms with van der Waals surface area (Å²) in [5.74, 6) is 2.29. The maximum absolute atomic E-state index is 10.3. The normalized spacial score (nSPS) is 9.27. The Bertz CT molecular complexity index is 364. The van der Waals surface area contributed by atoms with Crippen LogP contribution in [-0.2, 0) is 4.79 Å². The summed E-state index contributed by atoms with van der Waals surface area (Å²) in [5.41, 5.74) is 0. The van der Waals surface area contributed by atoms with Gasteiger partial charge in [-0.25, -0.2) is 0 Å². The molecular weight excluding hydrogens is 212 g/mol. The molecule has 0 saturated carbocycles. The van der Waals surface area contributed by atoms with E-state index in [9.17, 15) is 4.79 Å². The van der Waals surface area contributed by atoms with Gasteiger partial charge < -0.3 is 9.84 Å². The van der Waals surface area contributed by atoms with Gasteiger partial charge in [-0.15, -0.1) is 18.2 Å². The van der Waals surface area contributed by atoms with Gasteiger partial charge in [0.15, 0.2) is 0 Å².